The smallest absolute Gasteiger partial charge is 0.195 e. The number of methoxy groups -OCH3 is 1. The molecule has 1 saturated heterocycles. The number of terminal acetylenes is 1. The number of aliphatic imine (C=N–C) groups is 1. The number of hydrogen-bond donors (Lipinski definition) is 1. The number of nitrogens with one attached hydrogen (secondary N) is 1. The fourth-order valence-electron chi connectivity index (χ4n) is 1.74. The van der Waals surface area contributed by atoms with Crippen molar-refractivity contribution < 1.29 is 9.47 Å². The first-order valence-corrected chi connectivity index (χ1v) is 5.89. The molecule has 0 saturated carbocycles. The van der Waals surface area contributed by atoms with E-state index in [1.165, 1.54) is 0 Å². The third-order valence-electron chi connectivity index (χ3n) is 2.45. The van der Waals surface area contributed by atoms with Crippen molar-refractivity contribution in [2.45, 2.75) is 13.0 Å². The Kier molecular flexibility index (Phi) is 6.45. The molecule has 0 bridgehead atoms. The van der Waals surface area contributed by atoms with Crippen LogP contribution in [-0.2, 0) is 9.47 Å². The zero-order valence-electron chi connectivity index (χ0n) is 10.6. The lowest BCUT2D eigenvalue weighted by molar-refractivity contribution is -0.0447. The Labute approximate surface area is 103 Å². The second kappa shape index (κ2) is 7.93. The normalized spacial score (nSPS) is 21.1. The van der Waals surface area contributed by atoms with Gasteiger partial charge in [0, 0.05) is 26.7 Å². The second-order valence-electron chi connectivity index (χ2n) is 3.77. The van der Waals surface area contributed by atoms with Crippen molar-refractivity contribution >= 4 is 5.96 Å². The molecule has 1 N–H and O–H groups in total. The number of rotatable bonds is 4. The van der Waals surface area contributed by atoms with Crippen molar-refractivity contribution in [2.75, 3.05) is 46.5 Å². The fourth-order valence-corrected chi connectivity index (χ4v) is 1.74. The molecule has 0 aromatic carbocycles. The molecule has 1 rings (SSSR count). The zero-order valence-corrected chi connectivity index (χ0v) is 10.6. The van der Waals surface area contributed by atoms with Gasteiger partial charge in [0.05, 0.1) is 19.3 Å². The quantitative estimate of drug-likeness (QED) is 0.424. The molecule has 1 fully saturated rings. The average Bonchev–Trinajstić information content (AvgIpc) is 2.35. The van der Waals surface area contributed by atoms with Crippen molar-refractivity contribution in [1.82, 2.24) is 10.2 Å². The topological polar surface area (TPSA) is 46.1 Å². The van der Waals surface area contributed by atoms with Gasteiger partial charge >= 0.3 is 0 Å². The van der Waals surface area contributed by atoms with E-state index >= 15 is 0 Å². The summed E-state index contributed by atoms with van der Waals surface area (Å²) in [5.41, 5.74) is 0. The van der Waals surface area contributed by atoms with Crippen LogP contribution in [0.5, 0.6) is 0 Å². The first kappa shape index (κ1) is 13.8. The van der Waals surface area contributed by atoms with Crippen LogP contribution in [0.25, 0.3) is 0 Å². The van der Waals surface area contributed by atoms with Gasteiger partial charge in [0.25, 0.3) is 0 Å². The third kappa shape index (κ3) is 4.63. The summed E-state index contributed by atoms with van der Waals surface area (Å²) in [4.78, 5) is 6.51. The third-order valence-corrected chi connectivity index (χ3v) is 2.45. The minimum Gasteiger partial charge on any atom is -0.382 e. The van der Waals surface area contributed by atoms with E-state index in [1.807, 2.05) is 6.92 Å². The van der Waals surface area contributed by atoms with Gasteiger partial charge in [0.2, 0.25) is 0 Å². The molecule has 0 aromatic rings. The van der Waals surface area contributed by atoms with E-state index < -0.39 is 0 Å². The lowest BCUT2D eigenvalue weighted by Gasteiger charge is -2.34. The number of nitrogens with zero attached hydrogens (tertiary/aromatic N) is 2. The Morgan fingerprint density at radius 2 is 2.53 bits per heavy atom. The largest absolute Gasteiger partial charge is 0.382 e. The molecule has 1 aliphatic heterocycles. The van der Waals surface area contributed by atoms with E-state index in [-0.39, 0.29) is 6.10 Å². The Hall–Kier alpha value is -1.25. The van der Waals surface area contributed by atoms with E-state index in [0.717, 1.165) is 25.6 Å². The summed E-state index contributed by atoms with van der Waals surface area (Å²) in [6, 6.07) is 0. The average molecular weight is 239 g/mol. The van der Waals surface area contributed by atoms with E-state index in [1.54, 1.807) is 7.11 Å². The number of hydrogen-bond acceptors (Lipinski definition) is 3. The van der Waals surface area contributed by atoms with Crippen LogP contribution in [0.1, 0.15) is 6.92 Å². The molecule has 0 aliphatic carbocycles. The molecule has 0 amide bonds. The molecule has 5 heteroatoms. The molecule has 1 aliphatic rings. The standard InChI is InChI=1S/C12H21N3O2/c1-4-6-14-12(13-5-2)15-7-8-17-11(9-15)10-16-3/h1,11H,5-10H2,2-3H3,(H,13,14). The van der Waals surface area contributed by atoms with Crippen LogP contribution in [0.3, 0.4) is 0 Å². The molecule has 0 spiro atoms. The molecule has 0 aromatic heterocycles. The maximum atomic E-state index is 5.59. The predicted octanol–water partition coefficient (Wildman–Crippen LogP) is -0.0677. The van der Waals surface area contributed by atoms with Gasteiger partial charge in [-0.3, -0.25) is 0 Å². The van der Waals surface area contributed by atoms with Gasteiger partial charge in [-0.05, 0) is 6.92 Å². The summed E-state index contributed by atoms with van der Waals surface area (Å²) < 4.78 is 10.7. The summed E-state index contributed by atoms with van der Waals surface area (Å²) in [7, 11) is 1.68. The molecule has 96 valence electrons. The molecule has 5 nitrogen and oxygen atoms in total. The summed E-state index contributed by atoms with van der Waals surface area (Å²) in [6.07, 6.45) is 5.33. The van der Waals surface area contributed by atoms with Crippen molar-refractivity contribution in [2.24, 2.45) is 4.99 Å². The van der Waals surface area contributed by atoms with Gasteiger partial charge in [-0.2, -0.15) is 0 Å². The van der Waals surface area contributed by atoms with Crippen LogP contribution in [0.4, 0.5) is 0 Å². The van der Waals surface area contributed by atoms with E-state index in [9.17, 15) is 0 Å². The number of ether oxygens (including phenoxy) is 2. The van der Waals surface area contributed by atoms with Gasteiger partial charge in [-0.25, -0.2) is 4.99 Å². The number of morpholine rings is 1. The van der Waals surface area contributed by atoms with Crippen molar-refractivity contribution in [3.63, 3.8) is 0 Å². The predicted molar refractivity (Wildman–Crippen MR) is 68.0 cm³/mol. The Morgan fingerprint density at radius 3 is 3.18 bits per heavy atom. The van der Waals surface area contributed by atoms with Gasteiger partial charge in [-0.15, -0.1) is 6.42 Å². The molecule has 0 radical (unpaired) electrons. The van der Waals surface area contributed by atoms with E-state index in [2.05, 4.69) is 21.1 Å². The number of guanidine groups is 1. The van der Waals surface area contributed by atoms with Gasteiger partial charge in [0.15, 0.2) is 5.96 Å². The van der Waals surface area contributed by atoms with Crippen LogP contribution in [0, 0.1) is 12.3 Å². The van der Waals surface area contributed by atoms with Gasteiger partial charge in [-0.1, -0.05) is 5.92 Å². The highest BCUT2D eigenvalue weighted by Gasteiger charge is 2.22. The monoisotopic (exact) mass is 239 g/mol. The maximum absolute atomic E-state index is 5.59. The van der Waals surface area contributed by atoms with Crippen LogP contribution < -0.4 is 5.32 Å². The molecule has 1 atom stereocenters. The van der Waals surface area contributed by atoms with Gasteiger partial charge < -0.3 is 19.7 Å². The molecule has 1 unspecified atom stereocenters. The zero-order chi connectivity index (χ0) is 12.5. The highest BCUT2D eigenvalue weighted by molar-refractivity contribution is 5.80. The highest BCUT2D eigenvalue weighted by atomic mass is 16.5. The Bertz CT molecular complexity index is 284. The van der Waals surface area contributed by atoms with Crippen LogP contribution in [0.2, 0.25) is 0 Å². The van der Waals surface area contributed by atoms with E-state index in [0.29, 0.717) is 19.8 Å². The Morgan fingerprint density at radius 1 is 1.71 bits per heavy atom. The molecule has 1 heterocycles. The molecular weight excluding hydrogens is 218 g/mol. The summed E-state index contributed by atoms with van der Waals surface area (Å²) in [5, 5.41) is 3.23. The van der Waals surface area contributed by atoms with Crippen LogP contribution in [0.15, 0.2) is 4.99 Å². The lowest BCUT2D eigenvalue weighted by Crippen LogP contribution is -2.51. The second-order valence-corrected chi connectivity index (χ2v) is 3.77. The van der Waals surface area contributed by atoms with E-state index in [4.69, 9.17) is 15.9 Å². The Balaban J connectivity index is 2.57. The first-order valence-electron chi connectivity index (χ1n) is 5.89. The fraction of sp³-hybridized carbons (Fsp3) is 0.750. The maximum Gasteiger partial charge on any atom is 0.195 e. The lowest BCUT2D eigenvalue weighted by atomic mass is 10.3. The molecular formula is C12H21N3O2. The summed E-state index contributed by atoms with van der Waals surface area (Å²) in [6.45, 7) is 6.17. The van der Waals surface area contributed by atoms with Crippen molar-refractivity contribution in [3.05, 3.63) is 0 Å². The first-order chi connectivity index (χ1) is 8.31. The minimum absolute atomic E-state index is 0.100. The van der Waals surface area contributed by atoms with Crippen molar-refractivity contribution in [3.8, 4) is 12.3 Å². The van der Waals surface area contributed by atoms with Crippen molar-refractivity contribution in [1.29, 1.82) is 0 Å². The molecule has 17 heavy (non-hydrogen) atoms. The van der Waals surface area contributed by atoms with Gasteiger partial charge in [0.1, 0.15) is 6.54 Å². The highest BCUT2D eigenvalue weighted by Crippen LogP contribution is 2.05. The SMILES string of the molecule is C#CCN=C(NCC)N1CCOC(COC)C1. The summed E-state index contributed by atoms with van der Waals surface area (Å²) >= 11 is 0. The summed E-state index contributed by atoms with van der Waals surface area (Å²) in [5.74, 6) is 3.38. The van der Waals surface area contributed by atoms with Crippen LogP contribution >= 0.6 is 0 Å². The minimum atomic E-state index is 0.100. The van der Waals surface area contributed by atoms with Crippen LogP contribution in [-0.4, -0.2) is 63.5 Å².